The molecule has 1 aliphatic rings. The molecule has 0 bridgehead atoms. The van der Waals surface area contributed by atoms with Crippen LogP contribution in [0, 0.1) is 11.3 Å². The van der Waals surface area contributed by atoms with E-state index >= 15 is 0 Å². The summed E-state index contributed by atoms with van der Waals surface area (Å²) in [4.78, 5) is 0. The Kier molecular flexibility index (Phi) is 6.03. The van der Waals surface area contributed by atoms with Crippen molar-refractivity contribution >= 4 is 0 Å². The third kappa shape index (κ3) is 4.69. The van der Waals surface area contributed by atoms with Gasteiger partial charge in [-0.3, -0.25) is 0 Å². The van der Waals surface area contributed by atoms with Crippen molar-refractivity contribution in [1.82, 2.24) is 0 Å². The maximum Gasteiger partial charge on any atom is 0.127 e. The zero-order valence-corrected chi connectivity index (χ0v) is 16.5. The van der Waals surface area contributed by atoms with Crippen LogP contribution >= 0.6 is 0 Å². The largest absolute Gasteiger partial charge is 0.508 e. The van der Waals surface area contributed by atoms with Crippen LogP contribution in [0.25, 0.3) is 0 Å². The van der Waals surface area contributed by atoms with E-state index in [0.717, 1.165) is 29.7 Å². The number of phenolic OH excluding ortho intramolecular Hbond substituents is 1. The number of nitrogens with zero attached hydrogens (tertiary/aromatic N) is 1. The number of benzene rings is 1. The summed E-state index contributed by atoms with van der Waals surface area (Å²) in [6.07, 6.45) is 7.22. The van der Waals surface area contributed by atoms with Gasteiger partial charge in [0, 0.05) is 17.9 Å². The summed E-state index contributed by atoms with van der Waals surface area (Å²) in [6, 6.07) is 6.25. The van der Waals surface area contributed by atoms with Gasteiger partial charge in [-0.2, -0.15) is 5.26 Å². The van der Waals surface area contributed by atoms with E-state index < -0.39 is 0 Å². The fraction of sp³-hybridized carbons (Fsp3) is 0.682. The first-order valence-corrected chi connectivity index (χ1v) is 9.63. The highest BCUT2D eigenvalue weighted by atomic mass is 16.5. The number of ether oxygens (including phenoxy) is 1. The molecule has 3 heteroatoms. The van der Waals surface area contributed by atoms with E-state index in [9.17, 15) is 5.11 Å². The molecule has 1 aliphatic heterocycles. The molecule has 1 heterocycles. The number of aromatic hydroxyl groups is 1. The second-order valence-corrected chi connectivity index (χ2v) is 8.73. The quantitative estimate of drug-likeness (QED) is 0.600. The van der Waals surface area contributed by atoms with Crippen molar-refractivity contribution in [3.8, 4) is 17.6 Å². The summed E-state index contributed by atoms with van der Waals surface area (Å²) in [6.45, 7) is 10.8. The summed E-state index contributed by atoms with van der Waals surface area (Å²) in [5.74, 6) is 1.07. The molecular weight excluding hydrogens is 310 g/mol. The van der Waals surface area contributed by atoms with Gasteiger partial charge in [-0.05, 0) is 49.8 Å². The van der Waals surface area contributed by atoms with Crippen molar-refractivity contribution in [3.63, 3.8) is 0 Å². The molecule has 0 aliphatic carbocycles. The molecule has 0 saturated carbocycles. The van der Waals surface area contributed by atoms with Crippen molar-refractivity contribution in [3.05, 3.63) is 23.3 Å². The summed E-state index contributed by atoms with van der Waals surface area (Å²) in [7, 11) is 0. The van der Waals surface area contributed by atoms with Crippen LogP contribution in [0.4, 0.5) is 0 Å². The Labute approximate surface area is 153 Å². The van der Waals surface area contributed by atoms with E-state index in [1.165, 1.54) is 25.7 Å². The van der Waals surface area contributed by atoms with Gasteiger partial charge in [0.25, 0.3) is 0 Å². The van der Waals surface area contributed by atoms with Gasteiger partial charge in [0.2, 0.25) is 0 Å². The van der Waals surface area contributed by atoms with Crippen molar-refractivity contribution in [2.75, 3.05) is 0 Å². The highest BCUT2D eigenvalue weighted by Gasteiger charge is 2.36. The van der Waals surface area contributed by atoms with Crippen molar-refractivity contribution in [2.45, 2.75) is 96.5 Å². The number of hydrogen-bond acceptors (Lipinski definition) is 3. The average Bonchev–Trinajstić information content (AvgIpc) is 2.50. The van der Waals surface area contributed by atoms with Gasteiger partial charge >= 0.3 is 0 Å². The average molecular weight is 344 g/mol. The van der Waals surface area contributed by atoms with Crippen LogP contribution in [0.5, 0.6) is 11.5 Å². The van der Waals surface area contributed by atoms with E-state index in [2.05, 4.69) is 46.8 Å². The van der Waals surface area contributed by atoms with E-state index in [4.69, 9.17) is 10.00 Å². The number of hydrogen-bond donors (Lipinski definition) is 1. The van der Waals surface area contributed by atoms with Gasteiger partial charge in [-0.15, -0.1) is 0 Å². The topological polar surface area (TPSA) is 53.2 Å². The molecule has 0 aromatic heterocycles. The van der Waals surface area contributed by atoms with Crippen molar-refractivity contribution in [2.24, 2.45) is 0 Å². The van der Waals surface area contributed by atoms with Gasteiger partial charge in [0.15, 0.2) is 0 Å². The Balaban J connectivity index is 2.32. The number of unbranched alkanes of at least 4 members (excludes halogenated alkanes) is 3. The highest BCUT2D eigenvalue weighted by molar-refractivity contribution is 5.52. The molecule has 0 fully saturated rings. The van der Waals surface area contributed by atoms with Gasteiger partial charge in [-0.1, -0.05) is 46.5 Å². The minimum atomic E-state index is -0.315. The Hall–Kier alpha value is -1.69. The second kappa shape index (κ2) is 7.68. The van der Waals surface area contributed by atoms with Crippen LogP contribution in [0.3, 0.4) is 0 Å². The smallest absolute Gasteiger partial charge is 0.127 e. The lowest BCUT2D eigenvalue weighted by Gasteiger charge is -2.38. The second-order valence-electron chi connectivity index (χ2n) is 8.73. The molecule has 0 spiro atoms. The summed E-state index contributed by atoms with van der Waals surface area (Å²) >= 11 is 0. The summed E-state index contributed by atoms with van der Waals surface area (Å²) in [5, 5.41) is 19.8. The maximum atomic E-state index is 10.7. The number of nitriles is 1. The maximum absolute atomic E-state index is 10.7. The summed E-state index contributed by atoms with van der Waals surface area (Å²) < 4.78 is 6.19. The molecular formula is C22H33NO2. The van der Waals surface area contributed by atoms with Crippen molar-refractivity contribution in [1.29, 1.82) is 5.26 Å². The predicted octanol–water partition coefficient (Wildman–Crippen LogP) is 6.20. The zero-order valence-electron chi connectivity index (χ0n) is 16.5. The fourth-order valence-electron chi connectivity index (χ4n) is 3.95. The molecule has 1 unspecified atom stereocenters. The van der Waals surface area contributed by atoms with E-state index in [1.807, 2.05) is 6.07 Å². The molecule has 1 N–H and O–H groups in total. The molecule has 0 saturated heterocycles. The molecule has 0 amide bonds. The first-order chi connectivity index (χ1) is 11.7. The van der Waals surface area contributed by atoms with Gasteiger partial charge in [0.1, 0.15) is 17.1 Å². The minimum absolute atomic E-state index is 0.00404. The SMILES string of the molecule is CCCCCCC(C)(C)c1cc(O)c2c(c1)OC(C)(C)CC2CC#N. The number of rotatable bonds is 7. The molecule has 138 valence electrons. The molecule has 25 heavy (non-hydrogen) atoms. The fourth-order valence-corrected chi connectivity index (χ4v) is 3.95. The van der Waals surface area contributed by atoms with E-state index in [1.54, 1.807) is 0 Å². The minimum Gasteiger partial charge on any atom is -0.508 e. The lowest BCUT2D eigenvalue weighted by molar-refractivity contribution is 0.0711. The molecule has 0 radical (unpaired) electrons. The van der Waals surface area contributed by atoms with Crippen molar-refractivity contribution < 1.29 is 9.84 Å². The van der Waals surface area contributed by atoms with Gasteiger partial charge < -0.3 is 9.84 Å². The molecule has 1 atom stereocenters. The molecule has 1 aromatic carbocycles. The third-order valence-electron chi connectivity index (χ3n) is 5.43. The lowest BCUT2D eigenvalue weighted by atomic mass is 9.76. The monoisotopic (exact) mass is 343 g/mol. The summed E-state index contributed by atoms with van der Waals surface area (Å²) in [5.41, 5.74) is 1.61. The Morgan fingerprint density at radius 3 is 2.64 bits per heavy atom. The van der Waals surface area contributed by atoms with Gasteiger partial charge in [-0.25, -0.2) is 0 Å². The third-order valence-corrected chi connectivity index (χ3v) is 5.43. The molecule has 1 aromatic rings. The lowest BCUT2D eigenvalue weighted by Crippen LogP contribution is -2.35. The Bertz CT molecular complexity index is 640. The van der Waals surface area contributed by atoms with Gasteiger partial charge in [0.05, 0.1) is 6.07 Å². The Morgan fingerprint density at radius 1 is 1.28 bits per heavy atom. The normalized spacial score (nSPS) is 19.0. The number of fused-ring (bicyclic) bond motifs is 1. The van der Waals surface area contributed by atoms with Crippen LogP contribution in [-0.2, 0) is 5.41 Å². The van der Waals surface area contributed by atoms with Crippen LogP contribution < -0.4 is 4.74 Å². The Morgan fingerprint density at radius 2 is 2.00 bits per heavy atom. The highest BCUT2D eigenvalue weighted by Crippen LogP contribution is 2.48. The predicted molar refractivity (Wildman–Crippen MR) is 102 cm³/mol. The number of phenols is 1. The van der Waals surface area contributed by atoms with E-state index in [0.29, 0.717) is 6.42 Å². The van der Waals surface area contributed by atoms with Crippen LogP contribution in [0.1, 0.15) is 96.6 Å². The van der Waals surface area contributed by atoms with Crippen LogP contribution in [0.2, 0.25) is 0 Å². The van der Waals surface area contributed by atoms with Crippen LogP contribution in [0.15, 0.2) is 12.1 Å². The zero-order chi connectivity index (χ0) is 18.7. The standard InChI is InChI=1S/C22H33NO2/c1-6-7-8-9-11-21(2,3)17-13-18(24)20-16(10-12-23)15-22(4,5)25-19(20)14-17/h13-14,16,24H,6-11,15H2,1-5H3. The molecule has 2 rings (SSSR count). The van der Waals surface area contributed by atoms with E-state index in [-0.39, 0.29) is 22.7 Å². The van der Waals surface area contributed by atoms with Crippen LogP contribution in [-0.4, -0.2) is 10.7 Å². The first kappa shape index (κ1) is 19.6. The molecule has 3 nitrogen and oxygen atoms in total. The first-order valence-electron chi connectivity index (χ1n) is 9.63.